The largest absolute Gasteiger partial charge is 0.327 e. The molecule has 0 bridgehead atoms. The van der Waals surface area contributed by atoms with E-state index in [0.29, 0.717) is 13.0 Å². The van der Waals surface area contributed by atoms with Crippen molar-refractivity contribution < 1.29 is 9.59 Å². The Morgan fingerprint density at radius 3 is 2.89 bits per heavy atom. The Hall–Kier alpha value is -1.84. The smallest absolute Gasteiger partial charge is 0.246 e. The highest BCUT2D eigenvalue weighted by atomic mass is 16.2. The average Bonchev–Trinajstić information content (AvgIpc) is 2.48. The zero-order chi connectivity index (χ0) is 13.1. The van der Waals surface area contributed by atoms with E-state index in [1.807, 2.05) is 31.2 Å². The van der Waals surface area contributed by atoms with Crippen LogP contribution in [0.5, 0.6) is 0 Å². The highest BCUT2D eigenvalue weighted by Crippen LogP contribution is 2.23. The second-order valence-electron chi connectivity index (χ2n) is 4.59. The average molecular weight is 246 g/mol. The van der Waals surface area contributed by atoms with Crippen molar-refractivity contribution in [3.63, 3.8) is 0 Å². The number of carbonyl (C=O) groups excluding carboxylic acids is 2. The lowest BCUT2D eigenvalue weighted by Crippen LogP contribution is -2.43. The van der Waals surface area contributed by atoms with E-state index in [4.69, 9.17) is 0 Å². The first-order valence-corrected chi connectivity index (χ1v) is 6.31. The fourth-order valence-electron chi connectivity index (χ4n) is 2.14. The Morgan fingerprint density at radius 1 is 1.44 bits per heavy atom. The molecule has 1 atom stereocenters. The van der Waals surface area contributed by atoms with Gasteiger partial charge in [-0.1, -0.05) is 25.1 Å². The minimum absolute atomic E-state index is 0.0388. The van der Waals surface area contributed by atoms with Crippen LogP contribution in [0.3, 0.4) is 0 Å². The zero-order valence-corrected chi connectivity index (χ0v) is 10.8. The van der Waals surface area contributed by atoms with E-state index < -0.39 is 6.04 Å². The lowest BCUT2D eigenvalue weighted by Gasteiger charge is -2.25. The molecule has 1 N–H and O–H groups in total. The SMILES string of the molecule is CCCC(=O)N1Cc2ccccc2NC(=O)C1C. The van der Waals surface area contributed by atoms with E-state index >= 15 is 0 Å². The van der Waals surface area contributed by atoms with Crippen LogP contribution in [-0.4, -0.2) is 22.8 Å². The van der Waals surface area contributed by atoms with Crippen molar-refractivity contribution in [1.82, 2.24) is 4.90 Å². The van der Waals surface area contributed by atoms with Crippen molar-refractivity contribution in [3.8, 4) is 0 Å². The molecule has 4 heteroatoms. The van der Waals surface area contributed by atoms with Crippen LogP contribution in [0.1, 0.15) is 32.3 Å². The molecule has 1 aliphatic rings. The van der Waals surface area contributed by atoms with Gasteiger partial charge in [0.05, 0.1) is 0 Å². The summed E-state index contributed by atoms with van der Waals surface area (Å²) >= 11 is 0. The molecule has 0 aliphatic carbocycles. The predicted molar refractivity (Wildman–Crippen MR) is 70.0 cm³/mol. The molecule has 0 fully saturated rings. The van der Waals surface area contributed by atoms with Crippen LogP contribution < -0.4 is 5.32 Å². The summed E-state index contributed by atoms with van der Waals surface area (Å²) < 4.78 is 0. The van der Waals surface area contributed by atoms with Gasteiger partial charge in [0.15, 0.2) is 0 Å². The van der Waals surface area contributed by atoms with Gasteiger partial charge in [-0.05, 0) is 25.0 Å². The number of benzene rings is 1. The number of para-hydroxylation sites is 1. The van der Waals surface area contributed by atoms with Gasteiger partial charge < -0.3 is 10.2 Å². The second-order valence-corrected chi connectivity index (χ2v) is 4.59. The Labute approximate surface area is 107 Å². The van der Waals surface area contributed by atoms with Crippen LogP contribution in [0.25, 0.3) is 0 Å². The Balaban J connectivity index is 2.31. The number of carbonyl (C=O) groups is 2. The van der Waals surface area contributed by atoms with Gasteiger partial charge in [0, 0.05) is 18.7 Å². The minimum atomic E-state index is -0.420. The van der Waals surface area contributed by atoms with Crippen molar-refractivity contribution in [2.24, 2.45) is 0 Å². The molecule has 0 saturated heterocycles. The van der Waals surface area contributed by atoms with Gasteiger partial charge in [0.1, 0.15) is 6.04 Å². The summed E-state index contributed by atoms with van der Waals surface area (Å²) in [5.41, 5.74) is 1.79. The summed E-state index contributed by atoms with van der Waals surface area (Å²) in [5.74, 6) is -0.0822. The van der Waals surface area contributed by atoms with E-state index in [9.17, 15) is 9.59 Å². The van der Waals surface area contributed by atoms with E-state index in [-0.39, 0.29) is 11.8 Å². The molecule has 18 heavy (non-hydrogen) atoms. The number of hydrogen-bond donors (Lipinski definition) is 1. The molecule has 1 aromatic carbocycles. The molecule has 0 saturated carbocycles. The fourth-order valence-corrected chi connectivity index (χ4v) is 2.14. The van der Waals surface area contributed by atoms with Crippen molar-refractivity contribution in [2.75, 3.05) is 5.32 Å². The van der Waals surface area contributed by atoms with E-state index in [1.165, 1.54) is 0 Å². The molecule has 0 spiro atoms. The quantitative estimate of drug-likeness (QED) is 0.869. The number of nitrogens with one attached hydrogen (secondary N) is 1. The highest BCUT2D eigenvalue weighted by molar-refractivity contribution is 5.98. The molecule has 4 nitrogen and oxygen atoms in total. The first-order chi connectivity index (χ1) is 8.63. The Morgan fingerprint density at radius 2 is 2.17 bits per heavy atom. The molecule has 0 radical (unpaired) electrons. The Kier molecular flexibility index (Phi) is 3.65. The molecule has 1 aromatic rings. The number of fused-ring (bicyclic) bond motifs is 1. The van der Waals surface area contributed by atoms with Crippen molar-refractivity contribution >= 4 is 17.5 Å². The lowest BCUT2D eigenvalue weighted by atomic mass is 10.1. The van der Waals surface area contributed by atoms with Gasteiger partial charge in [0.2, 0.25) is 11.8 Å². The predicted octanol–water partition coefficient (Wildman–Crippen LogP) is 2.16. The molecule has 1 unspecified atom stereocenters. The number of rotatable bonds is 2. The minimum Gasteiger partial charge on any atom is -0.327 e. The normalized spacial score (nSPS) is 18.9. The standard InChI is InChI=1S/C14H18N2O2/c1-3-6-13(17)16-9-11-7-4-5-8-12(11)15-14(18)10(16)2/h4-5,7-8,10H,3,6,9H2,1-2H3,(H,15,18). The third-order valence-corrected chi connectivity index (χ3v) is 3.25. The van der Waals surface area contributed by atoms with Crippen LogP contribution in [-0.2, 0) is 16.1 Å². The third-order valence-electron chi connectivity index (χ3n) is 3.25. The summed E-state index contributed by atoms with van der Waals surface area (Å²) in [7, 11) is 0. The van der Waals surface area contributed by atoms with Crippen LogP contribution in [0, 0.1) is 0 Å². The second kappa shape index (κ2) is 5.21. The van der Waals surface area contributed by atoms with Gasteiger partial charge in [-0.25, -0.2) is 0 Å². The molecular weight excluding hydrogens is 228 g/mol. The van der Waals surface area contributed by atoms with Crippen LogP contribution in [0.4, 0.5) is 5.69 Å². The maximum absolute atomic E-state index is 12.1. The van der Waals surface area contributed by atoms with Crippen molar-refractivity contribution in [2.45, 2.75) is 39.3 Å². The first kappa shape index (κ1) is 12.6. The van der Waals surface area contributed by atoms with Crippen molar-refractivity contribution in [3.05, 3.63) is 29.8 Å². The van der Waals surface area contributed by atoms with E-state index in [0.717, 1.165) is 17.7 Å². The summed E-state index contributed by atoms with van der Waals surface area (Å²) in [4.78, 5) is 25.7. The number of hydrogen-bond acceptors (Lipinski definition) is 2. The monoisotopic (exact) mass is 246 g/mol. The van der Waals surface area contributed by atoms with Gasteiger partial charge in [-0.2, -0.15) is 0 Å². The molecular formula is C14H18N2O2. The summed E-state index contributed by atoms with van der Waals surface area (Å²) in [6.07, 6.45) is 1.28. The van der Waals surface area contributed by atoms with Crippen LogP contribution in [0.15, 0.2) is 24.3 Å². The molecule has 1 heterocycles. The first-order valence-electron chi connectivity index (χ1n) is 6.31. The molecule has 1 aliphatic heterocycles. The van der Waals surface area contributed by atoms with E-state index in [1.54, 1.807) is 11.8 Å². The molecule has 0 aromatic heterocycles. The Bertz CT molecular complexity index is 471. The summed E-state index contributed by atoms with van der Waals surface area (Å²) in [6.45, 7) is 4.23. The summed E-state index contributed by atoms with van der Waals surface area (Å²) in [5, 5.41) is 2.87. The van der Waals surface area contributed by atoms with Crippen molar-refractivity contribution in [1.29, 1.82) is 0 Å². The van der Waals surface area contributed by atoms with Crippen LogP contribution in [0.2, 0.25) is 0 Å². The number of anilines is 1. The molecule has 96 valence electrons. The van der Waals surface area contributed by atoms with E-state index in [2.05, 4.69) is 5.32 Å². The fraction of sp³-hybridized carbons (Fsp3) is 0.429. The molecule has 2 amide bonds. The van der Waals surface area contributed by atoms with Gasteiger partial charge in [-0.3, -0.25) is 9.59 Å². The third kappa shape index (κ3) is 2.37. The lowest BCUT2D eigenvalue weighted by molar-refractivity contribution is -0.138. The summed E-state index contributed by atoms with van der Waals surface area (Å²) in [6, 6.07) is 7.20. The van der Waals surface area contributed by atoms with Gasteiger partial charge in [-0.15, -0.1) is 0 Å². The van der Waals surface area contributed by atoms with Gasteiger partial charge in [0.25, 0.3) is 0 Å². The topological polar surface area (TPSA) is 49.4 Å². The van der Waals surface area contributed by atoms with Gasteiger partial charge >= 0.3 is 0 Å². The maximum atomic E-state index is 12.1. The molecule has 2 rings (SSSR count). The van der Waals surface area contributed by atoms with Crippen LogP contribution >= 0.6 is 0 Å². The zero-order valence-electron chi connectivity index (χ0n) is 10.8. The highest BCUT2D eigenvalue weighted by Gasteiger charge is 2.29. The maximum Gasteiger partial charge on any atom is 0.246 e. The number of nitrogens with zero attached hydrogens (tertiary/aromatic N) is 1. The number of amides is 2.